The molecule has 1 amide bonds. The van der Waals surface area contributed by atoms with Gasteiger partial charge in [0.1, 0.15) is 6.10 Å². The van der Waals surface area contributed by atoms with Crippen molar-refractivity contribution in [2.75, 3.05) is 19.8 Å². The zero-order chi connectivity index (χ0) is 10.7. The van der Waals surface area contributed by atoms with Gasteiger partial charge in [-0.15, -0.1) is 0 Å². The Morgan fingerprint density at radius 3 is 2.60 bits per heavy atom. The summed E-state index contributed by atoms with van der Waals surface area (Å²) in [7, 11) is 0. The third-order valence-electron chi connectivity index (χ3n) is 3.34. The SMILES string of the molecule is O=C([C@@H]1CCCO1)N(CCO)C1CCC1. The average Bonchev–Trinajstić information content (AvgIpc) is 2.66. The number of ether oxygens (including phenoxy) is 1. The van der Waals surface area contributed by atoms with E-state index in [1.54, 1.807) is 0 Å². The molecule has 2 aliphatic rings. The van der Waals surface area contributed by atoms with E-state index in [1.165, 1.54) is 6.42 Å². The molecule has 0 aromatic carbocycles. The van der Waals surface area contributed by atoms with E-state index in [1.807, 2.05) is 4.90 Å². The minimum absolute atomic E-state index is 0.0506. The van der Waals surface area contributed by atoms with Crippen LogP contribution < -0.4 is 0 Å². The lowest BCUT2D eigenvalue weighted by Crippen LogP contribution is -2.49. The molecule has 2 fully saturated rings. The second kappa shape index (κ2) is 4.94. The van der Waals surface area contributed by atoms with Crippen LogP contribution in [0.4, 0.5) is 0 Å². The van der Waals surface area contributed by atoms with Gasteiger partial charge in [0.25, 0.3) is 5.91 Å². The fourth-order valence-corrected chi connectivity index (χ4v) is 2.24. The molecule has 0 aromatic rings. The Morgan fingerprint density at radius 2 is 2.13 bits per heavy atom. The van der Waals surface area contributed by atoms with E-state index in [9.17, 15) is 4.79 Å². The second-order valence-corrected chi connectivity index (χ2v) is 4.34. The molecule has 2 rings (SSSR count). The Kier molecular flexibility index (Phi) is 3.59. The first-order valence-electron chi connectivity index (χ1n) is 5.86. The number of amides is 1. The Bertz CT molecular complexity index is 222. The molecule has 0 bridgehead atoms. The van der Waals surface area contributed by atoms with E-state index >= 15 is 0 Å². The number of carbonyl (C=O) groups is 1. The first-order chi connectivity index (χ1) is 7.33. The van der Waals surface area contributed by atoms with Gasteiger partial charge in [0.05, 0.1) is 6.61 Å². The molecule has 0 spiro atoms. The monoisotopic (exact) mass is 213 g/mol. The topological polar surface area (TPSA) is 49.8 Å². The van der Waals surface area contributed by atoms with Crippen molar-refractivity contribution in [3.8, 4) is 0 Å². The molecule has 0 radical (unpaired) electrons. The molecule has 1 saturated heterocycles. The van der Waals surface area contributed by atoms with Crippen molar-refractivity contribution in [3.63, 3.8) is 0 Å². The lowest BCUT2D eigenvalue weighted by Gasteiger charge is -2.38. The number of aliphatic hydroxyl groups excluding tert-OH is 1. The minimum Gasteiger partial charge on any atom is -0.395 e. The van der Waals surface area contributed by atoms with Crippen molar-refractivity contribution in [1.29, 1.82) is 0 Å². The lowest BCUT2D eigenvalue weighted by molar-refractivity contribution is -0.145. The van der Waals surface area contributed by atoms with Crippen LogP contribution in [0, 0.1) is 0 Å². The van der Waals surface area contributed by atoms with Crippen LogP contribution in [0.15, 0.2) is 0 Å². The van der Waals surface area contributed by atoms with Crippen LogP contribution in [0.3, 0.4) is 0 Å². The molecular formula is C11H19NO3. The number of hydrogen-bond acceptors (Lipinski definition) is 3. The molecule has 4 nitrogen and oxygen atoms in total. The van der Waals surface area contributed by atoms with Crippen molar-refractivity contribution >= 4 is 5.91 Å². The maximum absolute atomic E-state index is 12.1. The van der Waals surface area contributed by atoms with Gasteiger partial charge in [0, 0.05) is 19.2 Å². The Hall–Kier alpha value is -0.610. The van der Waals surface area contributed by atoms with Crippen LogP contribution in [0.5, 0.6) is 0 Å². The molecule has 0 unspecified atom stereocenters. The van der Waals surface area contributed by atoms with Gasteiger partial charge in [0.2, 0.25) is 0 Å². The van der Waals surface area contributed by atoms with Crippen LogP contribution in [0.2, 0.25) is 0 Å². The van der Waals surface area contributed by atoms with Crippen LogP contribution in [0.1, 0.15) is 32.1 Å². The highest BCUT2D eigenvalue weighted by Crippen LogP contribution is 2.26. The highest BCUT2D eigenvalue weighted by Gasteiger charge is 2.34. The van der Waals surface area contributed by atoms with Crippen LogP contribution in [-0.2, 0) is 9.53 Å². The minimum atomic E-state index is -0.239. The van der Waals surface area contributed by atoms with E-state index < -0.39 is 0 Å². The summed E-state index contributed by atoms with van der Waals surface area (Å²) in [5, 5.41) is 8.96. The Morgan fingerprint density at radius 1 is 1.33 bits per heavy atom. The quantitative estimate of drug-likeness (QED) is 0.741. The van der Waals surface area contributed by atoms with Crippen LogP contribution in [0.25, 0.3) is 0 Å². The summed E-state index contributed by atoms with van der Waals surface area (Å²) in [4.78, 5) is 13.9. The molecule has 1 atom stereocenters. The van der Waals surface area contributed by atoms with E-state index in [4.69, 9.17) is 9.84 Å². The van der Waals surface area contributed by atoms with Gasteiger partial charge in [0.15, 0.2) is 0 Å². The number of hydrogen-bond donors (Lipinski definition) is 1. The van der Waals surface area contributed by atoms with Crippen LogP contribution >= 0.6 is 0 Å². The second-order valence-electron chi connectivity index (χ2n) is 4.34. The van der Waals surface area contributed by atoms with Crippen molar-refractivity contribution in [3.05, 3.63) is 0 Å². The third kappa shape index (κ3) is 2.32. The summed E-state index contributed by atoms with van der Waals surface area (Å²) in [5.74, 6) is 0.0891. The smallest absolute Gasteiger partial charge is 0.252 e. The van der Waals surface area contributed by atoms with Gasteiger partial charge in [-0.3, -0.25) is 4.79 Å². The summed E-state index contributed by atoms with van der Waals surface area (Å²) >= 11 is 0. The number of rotatable bonds is 4. The van der Waals surface area contributed by atoms with Gasteiger partial charge < -0.3 is 14.7 Å². The molecule has 1 heterocycles. The number of carbonyl (C=O) groups excluding carboxylic acids is 1. The molecule has 1 aliphatic heterocycles. The standard InChI is InChI=1S/C11H19NO3/c13-7-6-12(9-3-1-4-9)11(14)10-5-2-8-15-10/h9-10,13H,1-8H2/t10-/m0/s1. The Labute approximate surface area is 90.2 Å². The lowest BCUT2D eigenvalue weighted by atomic mass is 9.91. The van der Waals surface area contributed by atoms with Gasteiger partial charge >= 0.3 is 0 Å². The summed E-state index contributed by atoms with van der Waals surface area (Å²) in [5.41, 5.74) is 0. The maximum atomic E-state index is 12.1. The van der Waals surface area contributed by atoms with E-state index in [0.717, 1.165) is 25.7 Å². The number of nitrogens with zero attached hydrogens (tertiary/aromatic N) is 1. The highest BCUT2D eigenvalue weighted by molar-refractivity contribution is 5.81. The predicted molar refractivity (Wildman–Crippen MR) is 55.4 cm³/mol. The number of aliphatic hydroxyl groups is 1. The maximum Gasteiger partial charge on any atom is 0.252 e. The van der Waals surface area contributed by atoms with Gasteiger partial charge in [-0.25, -0.2) is 0 Å². The normalized spacial score (nSPS) is 26.3. The Balaban J connectivity index is 1.92. The van der Waals surface area contributed by atoms with E-state index in [0.29, 0.717) is 19.2 Å². The first kappa shape index (κ1) is 10.9. The van der Waals surface area contributed by atoms with Crippen molar-refractivity contribution in [1.82, 2.24) is 4.90 Å². The molecule has 1 aliphatic carbocycles. The fourth-order valence-electron chi connectivity index (χ4n) is 2.24. The van der Waals surface area contributed by atoms with Gasteiger partial charge in [-0.1, -0.05) is 0 Å². The summed E-state index contributed by atoms with van der Waals surface area (Å²) in [6, 6.07) is 0.355. The predicted octanol–water partition coefficient (Wildman–Crippen LogP) is 0.539. The summed E-state index contributed by atoms with van der Waals surface area (Å²) < 4.78 is 5.39. The highest BCUT2D eigenvalue weighted by atomic mass is 16.5. The molecule has 1 N–H and O–H groups in total. The van der Waals surface area contributed by atoms with Gasteiger partial charge in [-0.2, -0.15) is 0 Å². The zero-order valence-corrected chi connectivity index (χ0v) is 9.02. The molecule has 1 saturated carbocycles. The van der Waals surface area contributed by atoms with E-state index in [-0.39, 0.29) is 18.6 Å². The molecule has 0 aromatic heterocycles. The van der Waals surface area contributed by atoms with Crippen molar-refractivity contribution < 1.29 is 14.6 Å². The molecule has 15 heavy (non-hydrogen) atoms. The molecule has 4 heteroatoms. The first-order valence-corrected chi connectivity index (χ1v) is 5.86. The fraction of sp³-hybridized carbons (Fsp3) is 0.909. The van der Waals surface area contributed by atoms with Gasteiger partial charge in [-0.05, 0) is 32.1 Å². The van der Waals surface area contributed by atoms with Crippen molar-refractivity contribution in [2.45, 2.75) is 44.2 Å². The van der Waals surface area contributed by atoms with E-state index in [2.05, 4.69) is 0 Å². The molecular weight excluding hydrogens is 194 g/mol. The van der Waals surface area contributed by atoms with Crippen molar-refractivity contribution in [2.24, 2.45) is 0 Å². The molecule has 86 valence electrons. The zero-order valence-electron chi connectivity index (χ0n) is 9.02. The van der Waals surface area contributed by atoms with Crippen LogP contribution in [-0.4, -0.2) is 47.8 Å². The summed E-state index contributed by atoms with van der Waals surface area (Å²) in [6.45, 7) is 1.21. The third-order valence-corrected chi connectivity index (χ3v) is 3.34. The summed E-state index contributed by atoms with van der Waals surface area (Å²) in [6.07, 6.45) is 4.95. The largest absolute Gasteiger partial charge is 0.395 e. The average molecular weight is 213 g/mol.